The molecule has 1 aliphatic rings. The molecule has 1 fully saturated rings. The van der Waals surface area contributed by atoms with Gasteiger partial charge in [0.25, 0.3) is 0 Å². The van der Waals surface area contributed by atoms with Gasteiger partial charge in [0.1, 0.15) is 5.82 Å². The Morgan fingerprint density at radius 3 is 2.14 bits per heavy atom. The van der Waals surface area contributed by atoms with Crippen molar-refractivity contribution in [2.45, 2.75) is 13.0 Å². The third kappa shape index (κ3) is 6.25. The van der Waals surface area contributed by atoms with Gasteiger partial charge in [0.05, 0.1) is 12.6 Å². The summed E-state index contributed by atoms with van der Waals surface area (Å²) in [6.07, 6.45) is 0. The zero-order chi connectivity index (χ0) is 20.8. The Labute approximate surface area is 174 Å². The van der Waals surface area contributed by atoms with Crippen LogP contribution in [0.15, 0.2) is 48.5 Å². The highest BCUT2D eigenvalue weighted by Crippen LogP contribution is 2.15. The molecule has 0 aromatic heterocycles. The third-order valence-corrected chi connectivity index (χ3v) is 5.19. The Hall–Kier alpha value is -2.48. The number of hydrogen-bond acceptors (Lipinski definition) is 4. The van der Waals surface area contributed by atoms with Gasteiger partial charge in [-0.1, -0.05) is 11.6 Å². The lowest BCUT2D eigenvalue weighted by atomic mass is 10.2. The van der Waals surface area contributed by atoms with Crippen molar-refractivity contribution in [3.8, 4) is 0 Å². The van der Waals surface area contributed by atoms with Crippen LogP contribution in [-0.4, -0.2) is 60.4 Å². The number of rotatable bonds is 6. The van der Waals surface area contributed by atoms with Crippen LogP contribution >= 0.6 is 11.6 Å². The van der Waals surface area contributed by atoms with E-state index in [1.54, 1.807) is 24.3 Å². The number of nitrogens with one attached hydrogen (secondary N) is 2. The van der Waals surface area contributed by atoms with Crippen molar-refractivity contribution in [1.29, 1.82) is 0 Å². The van der Waals surface area contributed by atoms with Crippen molar-refractivity contribution in [2.24, 2.45) is 0 Å². The monoisotopic (exact) mass is 418 g/mol. The van der Waals surface area contributed by atoms with Gasteiger partial charge in [-0.15, -0.1) is 0 Å². The summed E-state index contributed by atoms with van der Waals surface area (Å²) in [6.45, 7) is 4.90. The average molecular weight is 419 g/mol. The molecule has 0 saturated carbocycles. The van der Waals surface area contributed by atoms with Gasteiger partial charge in [0.15, 0.2) is 0 Å². The number of benzene rings is 2. The van der Waals surface area contributed by atoms with Crippen LogP contribution in [0, 0.1) is 5.82 Å². The summed E-state index contributed by atoms with van der Waals surface area (Å²) >= 11 is 5.86. The highest BCUT2D eigenvalue weighted by atomic mass is 35.5. The molecule has 3 rings (SSSR count). The fourth-order valence-electron chi connectivity index (χ4n) is 3.19. The molecular formula is C21H24ClFN4O2. The highest BCUT2D eigenvalue weighted by Gasteiger charge is 2.26. The first kappa shape index (κ1) is 21.2. The summed E-state index contributed by atoms with van der Waals surface area (Å²) in [5.41, 5.74) is 1.28. The van der Waals surface area contributed by atoms with E-state index < -0.39 is 0 Å². The summed E-state index contributed by atoms with van der Waals surface area (Å²) in [6, 6.07) is 12.4. The Bertz CT molecular complexity index is 837. The van der Waals surface area contributed by atoms with Gasteiger partial charge in [-0.25, -0.2) is 4.39 Å². The van der Waals surface area contributed by atoms with Gasteiger partial charge >= 0.3 is 0 Å². The molecule has 0 bridgehead atoms. The lowest BCUT2D eigenvalue weighted by molar-refractivity contribution is -0.122. The molecule has 2 N–H and O–H groups in total. The lowest BCUT2D eigenvalue weighted by Gasteiger charge is -2.37. The van der Waals surface area contributed by atoms with Crippen LogP contribution in [-0.2, 0) is 9.59 Å². The topological polar surface area (TPSA) is 64.7 Å². The van der Waals surface area contributed by atoms with Crippen molar-refractivity contribution in [2.75, 3.05) is 43.4 Å². The molecule has 1 aliphatic heterocycles. The predicted molar refractivity (Wildman–Crippen MR) is 113 cm³/mol. The van der Waals surface area contributed by atoms with Crippen molar-refractivity contribution in [3.63, 3.8) is 0 Å². The van der Waals surface area contributed by atoms with Crippen molar-refractivity contribution >= 4 is 34.8 Å². The van der Waals surface area contributed by atoms with E-state index in [2.05, 4.69) is 15.5 Å². The first-order valence-corrected chi connectivity index (χ1v) is 9.87. The largest absolute Gasteiger partial charge is 0.325 e. The lowest BCUT2D eigenvalue weighted by Crippen LogP contribution is -2.53. The third-order valence-electron chi connectivity index (χ3n) is 4.94. The number of amides is 2. The van der Waals surface area contributed by atoms with Gasteiger partial charge in [-0.2, -0.15) is 0 Å². The number of carbonyl (C=O) groups is 2. The molecule has 6 nitrogen and oxygen atoms in total. The van der Waals surface area contributed by atoms with Crippen LogP contribution in [0.3, 0.4) is 0 Å². The van der Waals surface area contributed by atoms with Gasteiger partial charge in [-0.05, 0) is 55.5 Å². The Morgan fingerprint density at radius 1 is 0.966 bits per heavy atom. The minimum absolute atomic E-state index is 0.0742. The van der Waals surface area contributed by atoms with Crippen LogP contribution in [0.5, 0.6) is 0 Å². The number of nitrogens with zero attached hydrogens (tertiary/aromatic N) is 2. The van der Waals surface area contributed by atoms with Crippen molar-refractivity contribution in [1.82, 2.24) is 9.80 Å². The Kier molecular flexibility index (Phi) is 7.19. The summed E-state index contributed by atoms with van der Waals surface area (Å²) < 4.78 is 12.9. The highest BCUT2D eigenvalue weighted by molar-refractivity contribution is 6.30. The van der Waals surface area contributed by atoms with E-state index >= 15 is 0 Å². The van der Waals surface area contributed by atoms with Crippen molar-refractivity contribution in [3.05, 3.63) is 59.4 Å². The molecule has 2 amide bonds. The van der Waals surface area contributed by atoms with Crippen molar-refractivity contribution < 1.29 is 14.0 Å². The molecule has 1 atom stereocenters. The average Bonchev–Trinajstić information content (AvgIpc) is 2.71. The zero-order valence-corrected chi connectivity index (χ0v) is 17.0. The summed E-state index contributed by atoms with van der Waals surface area (Å²) in [5.74, 6) is -0.554. The summed E-state index contributed by atoms with van der Waals surface area (Å²) in [7, 11) is 0. The summed E-state index contributed by atoms with van der Waals surface area (Å²) in [4.78, 5) is 28.8. The molecule has 8 heteroatoms. The molecule has 29 heavy (non-hydrogen) atoms. The molecule has 1 saturated heterocycles. The second-order valence-corrected chi connectivity index (χ2v) is 7.48. The molecule has 2 aromatic carbocycles. The van der Waals surface area contributed by atoms with Gasteiger partial charge < -0.3 is 10.6 Å². The first-order valence-electron chi connectivity index (χ1n) is 9.49. The maximum absolute atomic E-state index is 12.9. The van der Waals surface area contributed by atoms with Crippen LogP contribution in [0.4, 0.5) is 15.8 Å². The predicted octanol–water partition coefficient (Wildman–Crippen LogP) is 3.06. The van der Waals surface area contributed by atoms with Crippen LogP contribution in [0.2, 0.25) is 5.02 Å². The molecule has 1 heterocycles. The molecule has 0 spiro atoms. The van der Waals surface area contributed by atoms with E-state index in [1.807, 2.05) is 11.8 Å². The summed E-state index contributed by atoms with van der Waals surface area (Å²) in [5, 5.41) is 6.28. The minimum Gasteiger partial charge on any atom is -0.325 e. The van der Waals surface area contributed by atoms with E-state index in [0.29, 0.717) is 42.6 Å². The van der Waals surface area contributed by atoms with Gasteiger partial charge in [0.2, 0.25) is 11.8 Å². The van der Waals surface area contributed by atoms with Crippen LogP contribution in [0.25, 0.3) is 0 Å². The quantitative estimate of drug-likeness (QED) is 0.756. The molecular weight excluding hydrogens is 395 g/mol. The normalized spacial score (nSPS) is 16.2. The standard InChI is InChI=1S/C21H24ClFN4O2/c1-15(21(29)25-19-6-2-16(22)3-7-19)27-12-10-26(11-13-27)14-20(28)24-18-8-4-17(23)5-9-18/h2-9,15H,10-14H2,1H3,(H,24,28)(H,25,29)/t15-/m1/s1. The fourth-order valence-corrected chi connectivity index (χ4v) is 3.32. The Balaban J connectivity index is 1.43. The number of hydrogen-bond donors (Lipinski definition) is 2. The van der Waals surface area contributed by atoms with E-state index in [1.165, 1.54) is 24.3 Å². The van der Waals surface area contributed by atoms with E-state index in [4.69, 9.17) is 11.6 Å². The molecule has 0 aliphatic carbocycles. The maximum Gasteiger partial charge on any atom is 0.241 e. The van der Waals surface area contributed by atoms with E-state index in [-0.39, 0.29) is 30.2 Å². The maximum atomic E-state index is 12.9. The SMILES string of the molecule is C[C@H](C(=O)Nc1ccc(Cl)cc1)N1CCN(CC(=O)Nc2ccc(F)cc2)CC1. The van der Waals surface area contributed by atoms with E-state index in [0.717, 1.165) is 0 Å². The molecule has 0 radical (unpaired) electrons. The zero-order valence-electron chi connectivity index (χ0n) is 16.2. The minimum atomic E-state index is -0.339. The van der Waals surface area contributed by atoms with Gasteiger partial charge in [-0.3, -0.25) is 19.4 Å². The number of anilines is 2. The fraction of sp³-hybridized carbons (Fsp3) is 0.333. The molecule has 154 valence electrons. The van der Waals surface area contributed by atoms with E-state index in [9.17, 15) is 14.0 Å². The van der Waals surface area contributed by atoms with Crippen LogP contribution < -0.4 is 10.6 Å². The number of carbonyl (C=O) groups excluding carboxylic acids is 2. The smallest absolute Gasteiger partial charge is 0.241 e. The molecule has 2 aromatic rings. The number of halogens is 2. The number of piperazine rings is 1. The van der Waals surface area contributed by atoms with Crippen LogP contribution in [0.1, 0.15) is 6.92 Å². The van der Waals surface area contributed by atoms with Gasteiger partial charge in [0, 0.05) is 42.6 Å². The first-order chi connectivity index (χ1) is 13.9. The molecule has 0 unspecified atom stereocenters. The second-order valence-electron chi connectivity index (χ2n) is 7.04. The Morgan fingerprint density at radius 2 is 1.52 bits per heavy atom. The second kappa shape index (κ2) is 9.82.